The summed E-state index contributed by atoms with van der Waals surface area (Å²) < 4.78 is 18.7. The lowest BCUT2D eigenvalue weighted by Crippen LogP contribution is -2.55. The number of methoxy groups -OCH3 is 1. The van der Waals surface area contributed by atoms with Gasteiger partial charge >= 0.3 is 0 Å². The van der Waals surface area contributed by atoms with E-state index >= 15 is 0 Å². The van der Waals surface area contributed by atoms with E-state index in [9.17, 15) is 9.18 Å². The van der Waals surface area contributed by atoms with Crippen molar-refractivity contribution in [3.8, 4) is 0 Å². The highest BCUT2D eigenvalue weighted by Crippen LogP contribution is 2.19. The summed E-state index contributed by atoms with van der Waals surface area (Å²) in [6.45, 7) is 0.802. The largest absolute Gasteiger partial charge is 0.378 e. The molecule has 0 spiro atoms. The van der Waals surface area contributed by atoms with E-state index in [0.29, 0.717) is 13.0 Å². The Morgan fingerprint density at radius 3 is 2.61 bits per heavy atom. The molecule has 18 heavy (non-hydrogen) atoms. The Labute approximate surface area is 107 Å². The highest BCUT2D eigenvalue weighted by Gasteiger charge is 2.35. The normalized spacial score (nSPS) is 27.9. The van der Waals surface area contributed by atoms with Crippen LogP contribution in [-0.4, -0.2) is 62.4 Å². The zero-order valence-corrected chi connectivity index (χ0v) is 10.7. The predicted molar refractivity (Wildman–Crippen MR) is 66.5 cm³/mol. The summed E-state index contributed by atoms with van der Waals surface area (Å²) in [6, 6.07) is -0.485. The Morgan fingerprint density at radius 2 is 2.17 bits per heavy atom. The maximum absolute atomic E-state index is 13.7. The molecule has 6 nitrogen and oxygen atoms in total. The molecule has 0 radical (unpaired) electrons. The van der Waals surface area contributed by atoms with Crippen LogP contribution < -0.4 is 17.2 Å². The van der Waals surface area contributed by atoms with Crippen LogP contribution in [0.1, 0.15) is 6.42 Å². The van der Waals surface area contributed by atoms with Crippen LogP contribution in [0.15, 0.2) is 0 Å². The molecule has 6 N–H and O–H groups in total. The van der Waals surface area contributed by atoms with Gasteiger partial charge < -0.3 is 26.8 Å². The molecule has 4 atom stereocenters. The third kappa shape index (κ3) is 3.38. The average Bonchev–Trinajstić information content (AvgIpc) is 2.38. The van der Waals surface area contributed by atoms with E-state index in [4.69, 9.17) is 21.9 Å². The fourth-order valence-electron chi connectivity index (χ4n) is 2.21. The fraction of sp³-hybridized carbons (Fsp3) is 0.909. The number of carbonyl (C=O) groups is 1. The molecule has 2 unspecified atom stereocenters. The number of piperidine rings is 1. The molecule has 1 aliphatic rings. The van der Waals surface area contributed by atoms with Crippen molar-refractivity contribution in [2.75, 3.05) is 33.3 Å². The number of hydrogen-bond donors (Lipinski definition) is 3. The first-order chi connectivity index (χ1) is 8.54. The number of ether oxygens (including phenoxy) is 1. The minimum absolute atomic E-state index is 0.0329. The molecule has 0 aromatic heterocycles. The standard InChI is InChI=1S/C11H23FN4O2/c1-18-10-2-3-16(6-8(10)12)11(17)7(4-13)9(15)5-14/h7-10H,2-6,13-15H2,1H3/t7?,8-,9?,10+/m1/s1. The number of rotatable bonds is 5. The van der Waals surface area contributed by atoms with Gasteiger partial charge in [0.2, 0.25) is 5.91 Å². The Kier molecular flexibility index (Phi) is 5.94. The lowest BCUT2D eigenvalue weighted by molar-refractivity contribution is -0.140. The molecule has 1 rings (SSSR count). The maximum atomic E-state index is 13.7. The van der Waals surface area contributed by atoms with Gasteiger partial charge in [0, 0.05) is 32.8 Å². The first-order valence-corrected chi connectivity index (χ1v) is 6.16. The van der Waals surface area contributed by atoms with Crippen LogP contribution in [0.25, 0.3) is 0 Å². The third-order valence-electron chi connectivity index (χ3n) is 3.46. The van der Waals surface area contributed by atoms with Crippen molar-refractivity contribution < 1.29 is 13.9 Å². The van der Waals surface area contributed by atoms with E-state index in [2.05, 4.69) is 0 Å². The van der Waals surface area contributed by atoms with Gasteiger partial charge in [0.1, 0.15) is 6.17 Å². The number of halogens is 1. The Hall–Kier alpha value is -0.760. The molecule has 0 aromatic carbocycles. The van der Waals surface area contributed by atoms with E-state index in [1.807, 2.05) is 0 Å². The number of hydrogen-bond acceptors (Lipinski definition) is 5. The van der Waals surface area contributed by atoms with Crippen LogP contribution in [0.5, 0.6) is 0 Å². The Bertz CT molecular complexity index is 280. The SMILES string of the molecule is CO[C@H]1CCN(C(=O)C(CN)C(N)CN)C[C@H]1F. The first-order valence-electron chi connectivity index (χ1n) is 6.16. The molecule has 1 aliphatic heterocycles. The number of amides is 1. The molecule has 1 heterocycles. The lowest BCUT2D eigenvalue weighted by Gasteiger charge is -2.36. The summed E-state index contributed by atoms with van der Waals surface area (Å²) >= 11 is 0. The predicted octanol–water partition coefficient (Wildman–Crippen LogP) is -1.57. The van der Waals surface area contributed by atoms with E-state index in [1.165, 1.54) is 12.0 Å². The van der Waals surface area contributed by atoms with Crippen LogP contribution >= 0.6 is 0 Å². The molecule has 7 heteroatoms. The minimum atomic E-state index is -1.17. The molecule has 106 valence electrons. The van der Waals surface area contributed by atoms with Crippen molar-refractivity contribution in [3.05, 3.63) is 0 Å². The molecule has 0 saturated carbocycles. The molecule has 1 amide bonds. The third-order valence-corrected chi connectivity index (χ3v) is 3.46. The number of alkyl halides is 1. The van der Waals surface area contributed by atoms with Gasteiger partial charge in [-0.15, -0.1) is 0 Å². The Balaban J connectivity index is 2.62. The van der Waals surface area contributed by atoms with Gasteiger partial charge in [-0.2, -0.15) is 0 Å². The summed E-state index contributed by atoms with van der Waals surface area (Å²) in [5.41, 5.74) is 16.7. The summed E-state index contributed by atoms with van der Waals surface area (Å²) in [5.74, 6) is -0.756. The molecule has 0 bridgehead atoms. The van der Waals surface area contributed by atoms with E-state index in [-0.39, 0.29) is 25.5 Å². The summed E-state index contributed by atoms with van der Waals surface area (Å²) in [4.78, 5) is 13.6. The second-order valence-corrected chi connectivity index (χ2v) is 4.60. The second kappa shape index (κ2) is 6.98. The Morgan fingerprint density at radius 1 is 1.50 bits per heavy atom. The molecule has 0 aliphatic carbocycles. The second-order valence-electron chi connectivity index (χ2n) is 4.60. The van der Waals surface area contributed by atoms with Crippen molar-refractivity contribution in [1.29, 1.82) is 0 Å². The molecule has 0 aromatic rings. The van der Waals surface area contributed by atoms with Crippen molar-refractivity contribution in [2.45, 2.75) is 24.7 Å². The van der Waals surface area contributed by atoms with Crippen molar-refractivity contribution in [2.24, 2.45) is 23.1 Å². The number of nitrogens with zero attached hydrogens (tertiary/aromatic N) is 1. The number of likely N-dealkylation sites (tertiary alicyclic amines) is 1. The first kappa shape index (κ1) is 15.3. The van der Waals surface area contributed by atoms with Gasteiger partial charge in [-0.1, -0.05) is 0 Å². The lowest BCUT2D eigenvalue weighted by atomic mass is 9.96. The maximum Gasteiger partial charge on any atom is 0.228 e. The molecular formula is C11H23FN4O2. The fourth-order valence-corrected chi connectivity index (χ4v) is 2.21. The summed E-state index contributed by atoms with van der Waals surface area (Å²) in [6.07, 6.45) is -1.12. The van der Waals surface area contributed by atoms with Crippen LogP contribution in [0, 0.1) is 5.92 Å². The highest BCUT2D eigenvalue weighted by atomic mass is 19.1. The van der Waals surface area contributed by atoms with Gasteiger partial charge in [0.15, 0.2) is 0 Å². The van der Waals surface area contributed by atoms with Gasteiger partial charge in [0.25, 0.3) is 0 Å². The smallest absolute Gasteiger partial charge is 0.228 e. The van der Waals surface area contributed by atoms with Crippen LogP contribution in [0.2, 0.25) is 0 Å². The van der Waals surface area contributed by atoms with Crippen molar-refractivity contribution >= 4 is 5.91 Å². The average molecular weight is 262 g/mol. The van der Waals surface area contributed by atoms with Crippen LogP contribution in [0.4, 0.5) is 4.39 Å². The monoisotopic (exact) mass is 262 g/mol. The zero-order chi connectivity index (χ0) is 13.7. The van der Waals surface area contributed by atoms with E-state index in [0.717, 1.165) is 0 Å². The zero-order valence-electron chi connectivity index (χ0n) is 10.7. The summed E-state index contributed by atoms with van der Waals surface area (Å²) in [5, 5.41) is 0. The molecule has 1 fully saturated rings. The summed E-state index contributed by atoms with van der Waals surface area (Å²) in [7, 11) is 1.47. The minimum Gasteiger partial charge on any atom is -0.378 e. The van der Waals surface area contributed by atoms with Gasteiger partial charge in [-0.25, -0.2) is 4.39 Å². The van der Waals surface area contributed by atoms with Crippen LogP contribution in [0.3, 0.4) is 0 Å². The van der Waals surface area contributed by atoms with Gasteiger partial charge in [0.05, 0.1) is 18.6 Å². The quantitative estimate of drug-likeness (QED) is 0.555. The number of carbonyl (C=O) groups excluding carboxylic acids is 1. The van der Waals surface area contributed by atoms with Gasteiger partial charge in [-0.3, -0.25) is 4.79 Å². The van der Waals surface area contributed by atoms with Gasteiger partial charge in [-0.05, 0) is 6.42 Å². The number of nitrogens with two attached hydrogens (primary N) is 3. The topological polar surface area (TPSA) is 108 Å². The molecular weight excluding hydrogens is 239 g/mol. The highest BCUT2D eigenvalue weighted by molar-refractivity contribution is 5.80. The van der Waals surface area contributed by atoms with Crippen LogP contribution in [-0.2, 0) is 9.53 Å². The molecule has 1 saturated heterocycles. The van der Waals surface area contributed by atoms with Crippen molar-refractivity contribution in [1.82, 2.24) is 4.90 Å². The van der Waals surface area contributed by atoms with Crippen molar-refractivity contribution in [3.63, 3.8) is 0 Å². The van der Waals surface area contributed by atoms with E-state index < -0.39 is 24.2 Å². The van der Waals surface area contributed by atoms with E-state index in [1.54, 1.807) is 0 Å².